The Morgan fingerprint density at radius 3 is 2.87 bits per heavy atom. The summed E-state index contributed by atoms with van der Waals surface area (Å²) in [5.41, 5.74) is 4.68. The summed E-state index contributed by atoms with van der Waals surface area (Å²) < 4.78 is 0. The van der Waals surface area contributed by atoms with Crippen LogP contribution in [-0.2, 0) is 6.54 Å². The van der Waals surface area contributed by atoms with E-state index < -0.39 is 0 Å². The number of rotatable bonds is 5. The molecule has 2 aromatic rings. The van der Waals surface area contributed by atoms with Crippen LogP contribution >= 0.6 is 0 Å². The quantitative estimate of drug-likeness (QED) is 0.796. The van der Waals surface area contributed by atoms with Crippen molar-refractivity contribution in [3.8, 4) is 6.07 Å². The van der Waals surface area contributed by atoms with Gasteiger partial charge in [0, 0.05) is 47.9 Å². The molecule has 0 aliphatic carbocycles. The molecule has 0 radical (unpaired) electrons. The molecule has 2 saturated heterocycles. The fourth-order valence-corrected chi connectivity index (χ4v) is 4.53. The van der Waals surface area contributed by atoms with Gasteiger partial charge in [0.25, 0.3) is 0 Å². The topological polar surface area (TPSA) is 76.9 Å². The number of fused-ring (bicyclic) bond motifs is 2. The van der Waals surface area contributed by atoms with Gasteiger partial charge in [0.2, 0.25) is 0 Å². The molecule has 2 aliphatic heterocycles. The Morgan fingerprint density at radius 1 is 1.37 bits per heavy atom. The third kappa shape index (κ3) is 3.69. The molecule has 1 aromatic carbocycles. The molecule has 2 unspecified atom stereocenters. The summed E-state index contributed by atoms with van der Waals surface area (Å²) >= 11 is 0. The highest BCUT2D eigenvalue weighted by atomic mass is 15.3. The smallest absolute Gasteiger partial charge is 0.156 e. The van der Waals surface area contributed by atoms with Crippen molar-refractivity contribution in [1.29, 1.82) is 5.26 Å². The Kier molecular flexibility index (Phi) is 5.56. The highest BCUT2D eigenvalue weighted by Crippen LogP contribution is 2.26. The highest BCUT2D eigenvalue weighted by Gasteiger charge is 2.37. The lowest BCUT2D eigenvalue weighted by atomic mass is 10.0. The second kappa shape index (κ2) is 8.29. The number of nitriles is 1. The molecule has 2 bridgehead atoms. The molecular formula is C24H28N6. The number of hydrogen-bond donors (Lipinski definition) is 2. The molecular weight excluding hydrogens is 372 g/mol. The Bertz CT molecular complexity index is 1140. The fourth-order valence-electron chi connectivity index (χ4n) is 4.53. The summed E-state index contributed by atoms with van der Waals surface area (Å²) in [7, 11) is 0. The number of likely N-dealkylation sites (tertiary alicyclic amines) is 1. The van der Waals surface area contributed by atoms with Crippen LogP contribution in [-0.4, -0.2) is 40.3 Å². The van der Waals surface area contributed by atoms with Crippen molar-refractivity contribution >= 4 is 18.0 Å². The summed E-state index contributed by atoms with van der Waals surface area (Å²) in [4.78, 5) is 2.40. The average Bonchev–Trinajstić information content (AvgIpc) is 3.38. The molecule has 0 amide bonds. The van der Waals surface area contributed by atoms with Crippen LogP contribution in [0.2, 0.25) is 0 Å². The number of nitrogens with zero attached hydrogens (tertiary/aromatic N) is 4. The van der Waals surface area contributed by atoms with Crippen molar-refractivity contribution in [2.45, 2.75) is 45.8 Å². The molecule has 3 heterocycles. The zero-order valence-electron chi connectivity index (χ0n) is 17.9. The number of aromatic nitrogens is 2. The lowest BCUT2D eigenvalue weighted by molar-refractivity contribution is 0.297. The van der Waals surface area contributed by atoms with Gasteiger partial charge < -0.3 is 15.5 Å². The van der Waals surface area contributed by atoms with Crippen LogP contribution in [0.1, 0.15) is 35.7 Å². The van der Waals surface area contributed by atoms with Gasteiger partial charge in [0.15, 0.2) is 5.82 Å². The van der Waals surface area contributed by atoms with Crippen molar-refractivity contribution in [1.82, 2.24) is 20.4 Å². The van der Waals surface area contributed by atoms with E-state index in [4.69, 9.17) is 0 Å². The van der Waals surface area contributed by atoms with E-state index >= 15 is 0 Å². The van der Waals surface area contributed by atoms with Gasteiger partial charge in [-0.05, 0) is 50.5 Å². The number of anilines is 1. The minimum Gasteiger partial charge on any atom is -0.366 e. The first-order valence-corrected chi connectivity index (χ1v) is 10.4. The SMILES string of the molecule is C=C(/C=c1/c(NCc2cccc(C#N)c2C)nnc(C)/c1=C/C)N1CC2CC1CN2. The number of hydrogen-bond acceptors (Lipinski definition) is 6. The molecule has 2 N–H and O–H groups in total. The number of nitrogens with one attached hydrogen (secondary N) is 2. The van der Waals surface area contributed by atoms with Crippen molar-refractivity contribution in [3.63, 3.8) is 0 Å². The van der Waals surface area contributed by atoms with E-state index in [0.29, 0.717) is 24.2 Å². The molecule has 1 aromatic heterocycles. The number of allylic oxidation sites excluding steroid dienone is 1. The Balaban J connectivity index is 1.68. The lowest BCUT2D eigenvalue weighted by Crippen LogP contribution is -2.43. The molecule has 0 spiro atoms. The molecule has 6 nitrogen and oxygen atoms in total. The van der Waals surface area contributed by atoms with Crippen LogP contribution in [0, 0.1) is 25.2 Å². The Labute approximate surface area is 177 Å². The standard InChI is InChI=1S/C24H28N6/c1-5-22-17(4)28-29-24(27-12-19-8-6-7-18(11-25)16(19)3)23(22)9-15(2)30-14-20-10-21(30)13-26-20/h5-9,20-21,26H,2,10,12-14H2,1,3-4H3,(H,27,29)/b22-5-,23-9+. The zero-order chi connectivity index (χ0) is 21.3. The van der Waals surface area contributed by atoms with Crippen LogP contribution in [0.3, 0.4) is 0 Å². The Morgan fingerprint density at radius 2 is 2.20 bits per heavy atom. The molecule has 4 rings (SSSR count). The second-order valence-corrected chi connectivity index (χ2v) is 8.09. The third-order valence-electron chi connectivity index (χ3n) is 6.27. The maximum atomic E-state index is 9.30. The van der Waals surface area contributed by atoms with Crippen LogP contribution in [0.4, 0.5) is 5.82 Å². The lowest BCUT2D eigenvalue weighted by Gasteiger charge is -2.29. The predicted octanol–water partition coefficient (Wildman–Crippen LogP) is 1.72. The molecule has 2 fully saturated rings. The van der Waals surface area contributed by atoms with Crippen LogP contribution in [0.15, 0.2) is 30.5 Å². The first kappa shape index (κ1) is 20.1. The van der Waals surface area contributed by atoms with E-state index in [1.54, 1.807) is 0 Å². The van der Waals surface area contributed by atoms with Gasteiger partial charge in [0.05, 0.1) is 17.3 Å². The number of piperazine rings is 1. The van der Waals surface area contributed by atoms with E-state index in [1.165, 1.54) is 6.42 Å². The predicted molar refractivity (Wildman–Crippen MR) is 120 cm³/mol. The number of aryl methyl sites for hydroxylation is 1. The van der Waals surface area contributed by atoms with Gasteiger partial charge in [-0.3, -0.25) is 0 Å². The fraction of sp³-hybridized carbons (Fsp3) is 0.375. The summed E-state index contributed by atoms with van der Waals surface area (Å²) in [5.74, 6) is 0.735. The maximum Gasteiger partial charge on any atom is 0.156 e. The highest BCUT2D eigenvalue weighted by molar-refractivity contribution is 5.54. The minimum absolute atomic E-state index is 0.525. The average molecular weight is 401 g/mol. The molecule has 154 valence electrons. The first-order chi connectivity index (χ1) is 14.5. The zero-order valence-corrected chi connectivity index (χ0v) is 17.9. The second-order valence-electron chi connectivity index (χ2n) is 8.09. The first-order valence-electron chi connectivity index (χ1n) is 10.4. The van der Waals surface area contributed by atoms with Gasteiger partial charge in [-0.1, -0.05) is 24.8 Å². The molecule has 30 heavy (non-hydrogen) atoms. The summed E-state index contributed by atoms with van der Waals surface area (Å²) in [6.45, 7) is 13.0. The Hall–Kier alpha value is -3.17. The maximum absolute atomic E-state index is 9.30. The minimum atomic E-state index is 0.525. The van der Waals surface area contributed by atoms with Crippen LogP contribution in [0.5, 0.6) is 0 Å². The number of benzene rings is 1. The normalized spacial score (nSPS) is 21.2. The third-order valence-corrected chi connectivity index (χ3v) is 6.27. The van der Waals surface area contributed by atoms with Crippen molar-refractivity contribution < 1.29 is 0 Å². The van der Waals surface area contributed by atoms with Crippen LogP contribution < -0.4 is 21.1 Å². The summed E-state index contributed by atoms with van der Waals surface area (Å²) in [5, 5.41) is 27.2. The monoisotopic (exact) mass is 400 g/mol. The van der Waals surface area contributed by atoms with Crippen molar-refractivity contribution in [2.24, 2.45) is 0 Å². The van der Waals surface area contributed by atoms with Crippen LogP contribution in [0.25, 0.3) is 12.2 Å². The molecule has 0 saturated carbocycles. The van der Waals surface area contributed by atoms with E-state index in [9.17, 15) is 5.26 Å². The van der Waals surface area contributed by atoms with E-state index in [0.717, 1.165) is 51.9 Å². The molecule has 2 atom stereocenters. The molecule has 2 aliphatic rings. The molecule has 6 heteroatoms. The van der Waals surface area contributed by atoms with Gasteiger partial charge in [-0.2, -0.15) is 10.4 Å². The van der Waals surface area contributed by atoms with E-state index in [1.807, 2.05) is 39.0 Å². The largest absolute Gasteiger partial charge is 0.366 e. The van der Waals surface area contributed by atoms with E-state index in [2.05, 4.69) is 50.5 Å². The van der Waals surface area contributed by atoms with Crippen molar-refractivity contribution in [3.05, 3.63) is 63.3 Å². The van der Waals surface area contributed by atoms with Crippen molar-refractivity contribution in [2.75, 3.05) is 18.4 Å². The van der Waals surface area contributed by atoms with Gasteiger partial charge >= 0.3 is 0 Å². The van der Waals surface area contributed by atoms with E-state index in [-0.39, 0.29) is 0 Å². The van der Waals surface area contributed by atoms with Gasteiger partial charge in [-0.15, -0.1) is 5.10 Å². The van der Waals surface area contributed by atoms with Gasteiger partial charge in [0.1, 0.15) is 0 Å². The van der Waals surface area contributed by atoms with Gasteiger partial charge in [-0.25, -0.2) is 0 Å². The summed E-state index contributed by atoms with van der Waals surface area (Å²) in [6.07, 6.45) is 5.40. The summed E-state index contributed by atoms with van der Waals surface area (Å²) in [6, 6.07) is 9.14.